The molecule has 6 nitrogen and oxygen atoms in total. The molecule has 1 aromatic carbocycles. The maximum atomic E-state index is 12.4. The molecule has 0 aliphatic carbocycles. The number of benzene rings is 1. The van der Waals surface area contributed by atoms with E-state index in [4.69, 9.17) is 4.74 Å². The average molecular weight is 340 g/mol. The lowest BCUT2D eigenvalue weighted by molar-refractivity contribution is -0.0725. The van der Waals surface area contributed by atoms with Gasteiger partial charge in [0.1, 0.15) is 0 Å². The van der Waals surface area contributed by atoms with Gasteiger partial charge in [0, 0.05) is 42.8 Å². The highest BCUT2D eigenvalue weighted by Crippen LogP contribution is 2.21. The van der Waals surface area contributed by atoms with E-state index in [1.54, 1.807) is 12.5 Å². The van der Waals surface area contributed by atoms with Crippen molar-refractivity contribution in [1.29, 1.82) is 0 Å². The smallest absolute Gasteiger partial charge is 0.251 e. The number of imidazole rings is 1. The van der Waals surface area contributed by atoms with Crippen molar-refractivity contribution in [3.63, 3.8) is 0 Å². The molecular weight excluding hydrogens is 316 g/mol. The van der Waals surface area contributed by atoms with E-state index in [0.717, 1.165) is 25.4 Å². The molecule has 132 valence electrons. The number of piperidine rings is 1. The Morgan fingerprint density at radius 1 is 1.28 bits per heavy atom. The maximum absolute atomic E-state index is 12.4. The molecular formula is C19H24N4O2. The predicted molar refractivity (Wildman–Crippen MR) is 94.8 cm³/mol. The molecule has 0 bridgehead atoms. The number of hydrogen-bond acceptors (Lipinski definition) is 4. The van der Waals surface area contributed by atoms with Crippen molar-refractivity contribution in [3.05, 3.63) is 48.5 Å². The second-order valence-electron chi connectivity index (χ2n) is 6.83. The van der Waals surface area contributed by atoms with Crippen molar-refractivity contribution < 1.29 is 9.53 Å². The lowest BCUT2D eigenvalue weighted by Gasteiger charge is -2.42. The molecule has 1 amide bonds. The van der Waals surface area contributed by atoms with E-state index >= 15 is 0 Å². The number of ether oxygens (including phenoxy) is 1. The molecule has 0 saturated carbocycles. The molecule has 1 aromatic heterocycles. The Kier molecular flexibility index (Phi) is 4.81. The number of carbonyl (C=O) groups excluding carboxylic acids is 1. The minimum absolute atomic E-state index is 0.0541. The summed E-state index contributed by atoms with van der Waals surface area (Å²) < 4.78 is 7.84. The molecule has 6 heteroatoms. The largest absolute Gasteiger partial charge is 0.373 e. The summed E-state index contributed by atoms with van der Waals surface area (Å²) in [5, 5.41) is 3.01. The first-order valence-electron chi connectivity index (χ1n) is 9.02. The van der Waals surface area contributed by atoms with Gasteiger partial charge < -0.3 is 14.6 Å². The Morgan fingerprint density at radius 2 is 2.16 bits per heavy atom. The van der Waals surface area contributed by atoms with Gasteiger partial charge in [-0.25, -0.2) is 4.98 Å². The molecule has 2 atom stereocenters. The predicted octanol–water partition coefficient (Wildman–Crippen LogP) is 1.86. The highest BCUT2D eigenvalue weighted by Gasteiger charge is 2.30. The number of rotatable bonds is 4. The molecule has 2 saturated heterocycles. The Labute approximate surface area is 147 Å². The van der Waals surface area contributed by atoms with Crippen molar-refractivity contribution in [2.75, 3.05) is 26.2 Å². The van der Waals surface area contributed by atoms with Gasteiger partial charge in [0.25, 0.3) is 5.91 Å². The number of fused-ring (bicyclic) bond motifs is 1. The van der Waals surface area contributed by atoms with Crippen LogP contribution >= 0.6 is 0 Å². The lowest BCUT2D eigenvalue weighted by atomic mass is 10.0. The summed E-state index contributed by atoms with van der Waals surface area (Å²) in [5.41, 5.74) is 1.65. The highest BCUT2D eigenvalue weighted by molar-refractivity contribution is 5.94. The van der Waals surface area contributed by atoms with Crippen LogP contribution in [0, 0.1) is 0 Å². The van der Waals surface area contributed by atoms with Crippen molar-refractivity contribution in [3.8, 4) is 5.69 Å². The van der Waals surface area contributed by atoms with Crippen LogP contribution in [0.4, 0.5) is 0 Å². The van der Waals surface area contributed by atoms with Crippen LogP contribution in [0.5, 0.6) is 0 Å². The second-order valence-corrected chi connectivity index (χ2v) is 6.83. The van der Waals surface area contributed by atoms with Crippen molar-refractivity contribution in [2.24, 2.45) is 0 Å². The van der Waals surface area contributed by atoms with Crippen LogP contribution < -0.4 is 5.32 Å². The van der Waals surface area contributed by atoms with Crippen LogP contribution in [-0.4, -0.2) is 58.7 Å². The summed E-state index contributed by atoms with van der Waals surface area (Å²) in [7, 11) is 0. The topological polar surface area (TPSA) is 59.4 Å². The molecule has 2 fully saturated rings. The van der Waals surface area contributed by atoms with E-state index < -0.39 is 0 Å². The summed E-state index contributed by atoms with van der Waals surface area (Å²) in [6.45, 7) is 3.43. The van der Waals surface area contributed by atoms with E-state index in [2.05, 4.69) is 15.2 Å². The number of aromatic nitrogens is 2. The maximum Gasteiger partial charge on any atom is 0.251 e. The monoisotopic (exact) mass is 340 g/mol. The number of carbonyl (C=O) groups is 1. The van der Waals surface area contributed by atoms with Gasteiger partial charge in [-0.05, 0) is 43.7 Å². The third-order valence-electron chi connectivity index (χ3n) is 5.13. The number of hydrogen-bond donors (Lipinski definition) is 1. The summed E-state index contributed by atoms with van der Waals surface area (Å²) in [6, 6.07) is 8.11. The molecule has 25 heavy (non-hydrogen) atoms. The number of morpholine rings is 1. The normalized spacial score (nSPS) is 23.8. The first-order chi connectivity index (χ1) is 12.3. The standard InChI is InChI=1S/C19H24N4O2/c24-19(15-4-6-16(7-5-15)23-10-8-20-14-23)21-11-18-12-22-9-2-1-3-17(22)13-25-18/h4-8,10,14,17-18H,1-3,9,11-13H2,(H,21,24)/t17-,18+/m0/s1. The average Bonchev–Trinajstić information content (AvgIpc) is 3.21. The fraction of sp³-hybridized carbons (Fsp3) is 0.474. The first-order valence-corrected chi connectivity index (χ1v) is 9.02. The van der Waals surface area contributed by atoms with Gasteiger partial charge in [-0.15, -0.1) is 0 Å². The van der Waals surface area contributed by atoms with Gasteiger partial charge in [0.05, 0.1) is 19.0 Å². The van der Waals surface area contributed by atoms with Crippen LogP contribution in [-0.2, 0) is 4.74 Å². The second kappa shape index (κ2) is 7.37. The Bertz CT molecular complexity index is 699. The minimum atomic E-state index is -0.0541. The number of nitrogens with one attached hydrogen (secondary N) is 1. The van der Waals surface area contributed by atoms with Gasteiger partial charge >= 0.3 is 0 Å². The zero-order valence-electron chi connectivity index (χ0n) is 14.3. The van der Waals surface area contributed by atoms with Gasteiger partial charge in [0.15, 0.2) is 0 Å². The molecule has 0 radical (unpaired) electrons. The minimum Gasteiger partial charge on any atom is -0.373 e. The van der Waals surface area contributed by atoms with Crippen LogP contribution in [0.15, 0.2) is 43.0 Å². The summed E-state index contributed by atoms with van der Waals surface area (Å²) >= 11 is 0. The van der Waals surface area contributed by atoms with Crippen LogP contribution in [0.3, 0.4) is 0 Å². The van der Waals surface area contributed by atoms with E-state index in [1.165, 1.54) is 19.3 Å². The molecule has 0 spiro atoms. The van der Waals surface area contributed by atoms with E-state index in [-0.39, 0.29) is 12.0 Å². The van der Waals surface area contributed by atoms with E-state index in [0.29, 0.717) is 18.2 Å². The Morgan fingerprint density at radius 3 is 2.96 bits per heavy atom. The third-order valence-corrected chi connectivity index (χ3v) is 5.13. The molecule has 2 aliphatic heterocycles. The number of nitrogens with zero attached hydrogens (tertiary/aromatic N) is 3. The van der Waals surface area contributed by atoms with Gasteiger partial charge in [-0.2, -0.15) is 0 Å². The zero-order valence-corrected chi connectivity index (χ0v) is 14.3. The molecule has 4 rings (SSSR count). The third kappa shape index (κ3) is 3.75. The van der Waals surface area contributed by atoms with Crippen molar-refractivity contribution in [2.45, 2.75) is 31.4 Å². The molecule has 2 aliphatic rings. The fourth-order valence-corrected chi connectivity index (χ4v) is 3.68. The van der Waals surface area contributed by atoms with Crippen LogP contribution in [0.1, 0.15) is 29.6 Å². The quantitative estimate of drug-likeness (QED) is 0.923. The summed E-state index contributed by atoms with van der Waals surface area (Å²) in [4.78, 5) is 18.9. The fourth-order valence-electron chi connectivity index (χ4n) is 3.68. The SMILES string of the molecule is O=C(NC[C@@H]1CN2CCCC[C@H]2CO1)c1ccc(-n2ccnc2)cc1. The molecule has 1 N–H and O–H groups in total. The zero-order chi connectivity index (χ0) is 17.1. The van der Waals surface area contributed by atoms with E-state index in [9.17, 15) is 4.79 Å². The lowest BCUT2D eigenvalue weighted by Crippen LogP contribution is -2.54. The Balaban J connectivity index is 1.30. The molecule has 0 unspecified atom stereocenters. The van der Waals surface area contributed by atoms with Gasteiger partial charge in [-0.1, -0.05) is 6.42 Å². The van der Waals surface area contributed by atoms with Crippen LogP contribution in [0.25, 0.3) is 5.69 Å². The van der Waals surface area contributed by atoms with E-state index in [1.807, 2.05) is 35.0 Å². The molecule has 3 heterocycles. The molecule has 2 aromatic rings. The van der Waals surface area contributed by atoms with Gasteiger partial charge in [-0.3, -0.25) is 9.69 Å². The number of amides is 1. The highest BCUT2D eigenvalue weighted by atomic mass is 16.5. The van der Waals surface area contributed by atoms with Crippen molar-refractivity contribution >= 4 is 5.91 Å². The Hall–Kier alpha value is -2.18. The van der Waals surface area contributed by atoms with Crippen LogP contribution in [0.2, 0.25) is 0 Å². The first kappa shape index (κ1) is 16.3. The summed E-state index contributed by atoms with van der Waals surface area (Å²) in [6.07, 6.45) is 9.26. The van der Waals surface area contributed by atoms with Gasteiger partial charge in [0.2, 0.25) is 0 Å². The summed E-state index contributed by atoms with van der Waals surface area (Å²) in [5.74, 6) is -0.0541. The van der Waals surface area contributed by atoms with Crippen molar-refractivity contribution in [1.82, 2.24) is 19.8 Å².